The molecule has 4 nitrogen and oxygen atoms in total. The number of Topliss-reactive ketones (excluding diaryl/α,β-unsaturated/α-hetero) is 1. The molecular formula is C29H37NO3. The quantitative estimate of drug-likeness (QED) is 0.424. The van der Waals surface area contributed by atoms with Crippen molar-refractivity contribution in [3.63, 3.8) is 0 Å². The Morgan fingerprint density at radius 1 is 1.15 bits per heavy atom. The second-order valence-electron chi connectivity index (χ2n) is 10.8. The van der Waals surface area contributed by atoms with Gasteiger partial charge in [-0.05, 0) is 73.2 Å². The molecule has 0 unspecified atom stereocenters. The molecule has 4 atom stereocenters. The summed E-state index contributed by atoms with van der Waals surface area (Å²) < 4.78 is 0. The molecule has 0 aromatic heterocycles. The van der Waals surface area contributed by atoms with Crippen molar-refractivity contribution in [1.29, 1.82) is 0 Å². The maximum Gasteiger partial charge on any atom is 0.222 e. The molecular weight excluding hydrogens is 410 g/mol. The molecule has 1 aromatic rings. The topological polar surface area (TPSA) is 66.4 Å². The highest BCUT2D eigenvalue weighted by atomic mass is 16.3. The van der Waals surface area contributed by atoms with Crippen LogP contribution in [0.4, 0.5) is 0 Å². The first-order valence-electron chi connectivity index (χ1n) is 12.4. The predicted molar refractivity (Wildman–Crippen MR) is 132 cm³/mol. The molecule has 3 aliphatic carbocycles. The van der Waals surface area contributed by atoms with Crippen LogP contribution >= 0.6 is 0 Å². The first kappa shape index (κ1) is 23.5. The minimum absolute atomic E-state index is 0.0595. The second-order valence-corrected chi connectivity index (χ2v) is 10.8. The monoisotopic (exact) mass is 447 g/mol. The molecule has 176 valence electrons. The van der Waals surface area contributed by atoms with Gasteiger partial charge in [0.2, 0.25) is 11.6 Å². The number of fused-ring (bicyclic) bond motifs is 1. The van der Waals surface area contributed by atoms with Crippen LogP contribution in [-0.2, 0) is 16.0 Å². The lowest BCUT2D eigenvalue weighted by atomic mass is 9.46. The first-order chi connectivity index (χ1) is 15.7. The highest BCUT2D eigenvalue weighted by molar-refractivity contribution is 6.21. The number of benzene rings is 1. The van der Waals surface area contributed by atoms with E-state index in [9.17, 15) is 14.7 Å². The van der Waals surface area contributed by atoms with Gasteiger partial charge in [-0.2, -0.15) is 0 Å². The summed E-state index contributed by atoms with van der Waals surface area (Å²) in [5, 5.41) is 13.9. The number of carbonyl (C=O) groups excluding carboxylic acids is 2. The van der Waals surface area contributed by atoms with Crippen molar-refractivity contribution in [3.8, 4) is 0 Å². The zero-order valence-corrected chi connectivity index (χ0v) is 20.2. The van der Waals surface area contributed by atoms with Gasteiger partial charge in [0, 0.05) is 18.2 Å². The average Bonchev–Trinajstić information content (AvgIpc) is 2.80. The number of allylic oxidation sites excluding steroid dienone is 3. The fourth-order valence-electron chi connectivity index (χ4n) is 6.61. The lowest BCUT2D eigenvalue weighted by Gasteiger charge is -2.59. The van der Waals surface area contributed by atoms with E-state index in [1.54, 1.807) is 0 Å². The Morgan fingerprint density at radius 2 is 1.88 bits per heavy atom. The number of nitrogens with one attached hydrogen (secondary N) is 1. The maximum atomic E-state index is 13.4. The predicted octanol–water partition coefficient (Wildman–Crippen LogP) is 5.86. The van der Waals surface area contributed by atoms with Crippen molar-refractivity contribution >= 4 is 11.6 Å². The van der Waals surface area contributed by atoms with Gasteiger partial charge < -0.3 is 10.4 Å². The van der Waals surface area contributed by atoms with E-state index in [1.165, 1.54) is 17.2 Å². The molecule has 33 heavy (non-hydrogen) atoms. The van der Waals surface area contributed by atoms with Gasteiger partial charge in [0.05, 0.1) is 5.70 Å². The van der Waals surface area contributed by atoms with Crippen LogP contribution in [0.1, 0.15) is 64.9 Å². The third-order valence-corrected chi connectivity index (χ3v) is 9.01. The van der Waals surface area contributed by atoms with Gasteiger partial charge in [-0.3, -0.25) is 9.59 Å². The van der Waals surface area contributed by atoms with E-state index >= 15 is 0 Å². The molecule has 2 saturated carbocycles. The number of rotatable bonds is 6. The van der Waals surface area contributed by atoms with Crippen LogP contribution in [0.2, 0.25) is 0 Å². The van der Waals surface area contributed by atoms with E-state index < -0.39 is 5.78 Å². The third kappa shape index (κ3) is 4.20. The smallest absolute Gasteiger partial charge is 0.222 e. The highest BCUT2D eigenvalue weighted by Crippen LogP contribution is 2.63. The van der Waals surface area contributed by atoms with Gasteiger partial charge in [0.15, 0.2) is 5.76 Å². The zero-order chi connectivity index (χ0) is 23.8. The van der Waals surface area contributed by atoms with Crippen LogP contribution < -0.4 is 5.32 Å². The second kappa shape index (κ2) is 8.96. The lowest BCUT2D eigenvalue weighted by Crippen LogP contribution is -2.51. The number of hydrogen-bond donors (Lipinski definition) is 2. The molecule has 0 radical (unpaired) electrons. The summed E-state index contributed by atoms with van der Waals surface area (Å²) in [5.41, 5.74) is 2.95. The van der Waals surface area contributed by atoms with Crippen molar-refractivity contribution < 1.29 is 14.7 Å². The maximum absolute atomic E-state index is 13.4. The Labute approximate surface area is 197 Å². The minimum atomic E-state index is -0.477. The number of aliphatic hydroxyl groups excluding tert-OH is 1. The number of carbonyl (C=O) groups is 2. The van der Waals surface area contributed by atoms with Crippen LogP contribution in [0.15, 0.2) is 65.6 Å². The molecule has 4 heteroatoms. The Balaban J connectivity index is 1.54. The van der Waals surface area contributed by atoms with Gasteiger partial charge in [0.25, 0.3) is 0 Å². The van der Waals surface area contributed by atoms with Crippen molar-refractivity contribution in [3.05, 3.63) is 71.2 Å². The molecule has 0 heterocycles. The summed E-state index contributed by atoms with van der Waals surface area (Å²) in [5.74, 6) is -0.308. The summed E-state index contributed by atoms with van der Waals surface area (Å²) in [6, 6.07) is 10.0. The number of hydrogen-bond acceptors (Lipinski definition) is 4. The standard InChI is InChI=1S/C29H37NO3/c1-19-9-8-12-25-28(19,3)15-13-20(2)29(25,4)18-22-26(32)23(17-24(31)27(22)33)30-16-14-21-10-6-5-7-11-21/h5-7,10-11,17,20,25,30,33H,1,8-9,12-16,18H2,2-4H3/t20-,25+,28+,29+/m0/s1. The third-order valence-electron chi connectivity index (χ3n) is 9.01. The van der Waals surface area contributed by atoms with Crippen molar-refractivity contribution in [2.45, 2.75) is 65.7 Å². The fourth-order valence-corrected chi connectivity index (χ4v) is 6.61. The van der Waals surface area contributed by atoms with Gasteiger partial charge >= 0.3 is 0 Å². The SMILES string of the molecule is C=C1CCC[C@H]2[C@](C)(CC3=C(O)C(=O)C=C(NCCc4ccccc4)C3=O)[C@@H](C)CC[C@]12C. The van der Waals surface area contributed by atoms with Crippen molar-refractivity contribution in [2.24, 2.45) is 22.7 Å². The summed E-state index contributed by atoms with van der Waals surface area (Å²) in [7, 11) is 0. The lowest BCUT2D eigenvalue weighted by molar-refractivity contribution is -0.118. The molecule has 0 aliphatic heterocycles. The molecule has 0 amide bonds. The largest absolute Gasteiger partial charge is 0.504 e. The Bertz CT molecular complexity index is 1020. The molecule has 4 rings (SSSR count). The number of ketones is 2. The van der Waals surface area contributed by atoms with E-state index in [2.05, 4.69) is 32.7 Å². The summed E-state index contributed by atoms with van der Waals surface area (Å²) in [6.07, 6.45) is 7.91. The van der Waals surface area contributed by atoms with Gasteiger partial charge in [-0.1, -0.05) is 63.3 Å². The molecule has 0 saturated heterocycles. The normalized spacial score (nSPS) is 32.5. The molecule has 3 aliphatic rings. The Hall–Kier alpha value is -2.62. The summed E-state index contributed by atoms with van der Waals surface area (Å²) in [6.45, 7) is 11.8. The average molecular weight is 448 g/mol. The molecule has 2 N–H and O–H groups in total. The molecule has 1 aromatic carbocycles. The van der Waals surface area contributed by atoms with E-state index in [1.807, 2.05) is 30.3 Å². The van der Waals surface area contributed by atoms with Gasteiger partial charge in [0.1, 0.15) is 0 Å². The highest BCUT2D eigenvalue weighted by Gasteiger charge is 2.54. The van der Waals surface area contributed by atoms with Gasteiger partial charge in [-0.25, -0.2) is 0 Å². The zero-order valence-electron chi connectivity index (χ0n) is 20.2. The van der Waals surface area contributed by atoms with E-state index in [0.29, 0.717) is 30.5 Å². The van der Waals surface area contributed by atoms with Crippen LogP contribution in [0.3, 0.4) is 0 Å². The molecule has 0 spiro atoms. The summed E-state index contributed by atoms with van der Waals surface area (Å²) in [4.78, 5) is 26.1. The summed E-state index contributed by atoms with van der Waals surface area (Å²) >= 11 is 0. The number of aliphatic hydroxyl groups is 1. The van der Waals surface area contributed by atoms with Crippen molar-refractivity contribution in [2.75, 3.05) is 6.54 Å². The van der Waals surface area contributed by atoms with Crippen LogP contribution in [-0.4, -0.2) is 23.2 Å². The fraction of sp³-hybridized carbons (Fsp3) is 0.517. The van der Waals surface area contributed by atoms with E-state index in [-0.39, 0.29) is 27.9 Å². The van der Waals surface area contributed by atoms with Crippen LogP contribution in [0, 0.1) is 22.7 Å². The van der Waals surface area contributed by atoms with E-state index in [4.69, 9.17) is 0 Å². The van der Waals surface area contributed by atoms with Crippen LogP contribution in [0.5, 0.6) is 0 Å². The first-order valence-corrected chi connectivity index (χ1v) is 12.4. The van der Waals surface area contributed by atoms with Gasteiger partial charge in [-0.15, -0.1) is 0 Å². The minimum Gasteiger partial charge on any atom is -0.504 e. The van der Waals surface area contributed by atoms with Crippen molar-refractivity contribution in [1.82, 2.24) is 5.32 Å². The molecule has 2 fully saturated rings. The van der Waals surface area contributed by atoms with E-state index in [0.717, 1.165) is 38.5 Å². The Kier molecular flexibility index (Phi) is 6.39. The Morgan fingerprint density at radius 3 is 2.61 bits per heavy atom. The molecule has 0 bridgehead atoms. The van der Waals surface area contributed by atoms with Crippen LogP contribution in [0.25, 0.3) is 0 Å².